The molecular weight excluding hydrogens is 384 g/mol. The molecule has 0 amide bonds. The van der Waals surface area contributed by atoms with E-state index in [-0.39, 0.29) is 23.4 Å². The standard InChI is InChI=1S/C26H36N4O/c1-17-7-8-21-20(14-27)22(9-10-25(17,21)2)26(3)13-18-15-29-30(23(18)12-19(26)16-31)24-6-4-5-11-28-24/h4-6,11,15,19-22,31H,1,7-10,12-14,16,27H2,2-3H3/t19-,20+,21+,22+,25-,26+/m1/s1. The SMILES string of the molecule is C=C1CC[C@H]2[C@H](CN)[C@@H]([C@@]3(C)Cc4cnn(-c5ccccn5)c4C[C@@H]3CO)CC[C@]12C. The quantitative estimate of drug-likeness (QED) is 0.735. The van der Waals surface area contributed by atoms with E-state index in [1.165, 1.54) is 36.1 Å². The number of pyridine rings is 1. The molecule has 0 unspecified atom stereocenters. The van der Waals surface area contributed by atoms with Crippen LogP contribution in [0.2, 0.25) is 0 Å². The summed E-state index contributed by atoms with van der Waals surface area (Å²) in [5, 5.41) is 15.2. The van der Waals surface area contributed by atoms with Crippen LogP contribution in [0.15, 0.2) is 42.7 Å². The predicted octanol–water partition coefficient (Wildman–Crippen LogP) is 3.94. The van der Waals surface area contributed by atoms with Crippen LogP contribution in [0.5, 0.6) is 0 Å². The van der Waals surface area contributed by atoms with Gasteiger partial charge in [-0.2, -0.15) is 5.10 Å². The number of nitrogens with zero attached hydrogens (tertiary/aromatic N) is 3. The maximum absolute atomic E-state index is 10.5. The van der Waals surface area contributed by atoms with Gasteiger partial charge in [-0.15, -0.1) is 0 Å². The van der Waals surface area contributed by atoms with Gasteiger partial charge in [0.05, 0.1) is 6.20 Å². The van der Waals surface area contributed by atoms with Gasteiger partial charge in [0.15, 0.2) is 5.82 Å². The topological polar surface area (TPSA) is 77.0 Å². The Morgan fingerprint density at radius 1 is 1.26 bits per heavy atom. The fourth-order valence-corrected chi connectivity index (χ4v) is 7.52. The molecule has 5 nitrogen and oxygen atoms in total. The van der Waals surface area contributed by atoms with Crippen molar-refractivity contribution in [3.63, 3.8) is 0 Å². The summed E-state index contributed by atoms with van der Waals surface area (Å²) in [7, 11) is 0. The number of aliphatic hydroxyl groups excluding tert-OH is 1. The summed E-state index contributed by atoms with van der Waals surface area (Å²) in [5.41, 5.74) is 10.7. The van der Waals surface area contributed by atoms with E-state index in [9.17, 15) is 5.11 Å². The van der Waals surface area contributed by atoms with E-state index in [1.54, 1.807) is 6.20 Å². The molecule has 0 saturated heterocycles. The highest BCUT2D eigenvalue weighted by Crippen LogP contribution is 2.62. The first-order chi connectivity index (χ1) is 14.9. The first-order valence-corrected chi connectivity index (χ1v) is 11.9. The van der Waals surface area contributed by atoms with Crippen molar-refractivity contribution >= 4 is 0 Å². The number of fused-ring (bicyclic) bond motifs is 2. The van der Waals surface area contributed by atoms with Gasteiger partial charge in [0.2, 0.25) is 0 Å². The zero-order valence-electron chi connectivity index (χ0n) is 18.9. The molecule has 0 aromatic carbocycles. The smallest absolute Gasteiger partial charge is 0.153 e. The van der Waals surface area contributed by atoms with Gasteiger partial charge in [-0.3, -0.25) is 0 Å². The van der Waals surface area contributed by atoms with E-state index in [1.807, 2.05) is 29.1 Å². The number of rotatable bonds is 4. The third kappa shape index (κ3) is 3.04. The minimum Gasteiger partial charge on any atom is -0.396 e. The van der Waals surface area contributed by atoms with E-state index < -0.39 is 0 Å². The van der Waals surface area contributed by atoms with Crippen LogP contribution in [0.1, 0.15) is 50.8 Å². The van der Waals surface area contributed by atoms with Crippen molar-refractivity contribution in [3.8, 4) is 5.82 Å². The second-order valence-corrected chi connectivity index (χ2v) is 10.7. The summed E-state index contributed by atoms with van der Waals surface area (Å²) in [4.78, 5) is 4.50. The summed E-state index contributed by atoms with van der Waals surface area (Å²) in [5.74, 6) is 2.68. The largest absolute Gasteiger partial charge is 0.396 e. The Balaban J connectivity index is 1.50. The Hall–Kier alpha value is -1.98. The number of hydrogen-bond acceptors (Lipinski definition) is 4. The van der Waals surface area contributed by atoms with Crippen molar-refractivity contribution in [1.82, 2.24) is 14.8 Å². The minimum absolute atomic E-state index is 0.0228. The van der Waals surface area contributed by atoms with E-state index >= 15 is 0 Å². The number of aromatic nitrogens is 3. The van der Waals surface area contributed by atoms with Gasteiger partial charge in [-0.05, 0) is 97.3 Å². The summed E-state index contributed by atoms with van der Waals surface area (Å²) in [6, 6.07) is 5.91. The van der Waals surface area contributed by atoms with Crippen molar-refractivity contribution in [2.45, 2.75) is 52.4 Å². The van der Waals surface area contributed by atoms with Crippen molar-refractivity contribution < 1.29 is 5.11 Å². The van der Waals surface area contributed by atoms with Crippen LogP contribution in [-0.4, -0.2) is 33.0 Å². The van der Waals surface area contributed by atoms with Crippen molar-refractivity contribution in [2.75, 3.05) is 13.2 Å². The summed E-state index contributed by atoms with van der Waals surface area (Å²) in [6.07, 6.45) is 10.4. The van der Waals surface area contributed by atoms with Crippen LogP contribution in [-0.2, 0) is 12.8 Å². The van der Waals surface area contributed by atoms with Crippen LogP contribution in [0, 0.1) is 34.5 Å². The lowest BCUT2D eigenvalue weighted by Gasteiger charge is -2.55. The van der Waals surface area contributed by atoms with E-state index in [0.717, 1.165) is 31.6 Å². The number of aliphatic hydroxyl groups is 1. The van der Waals surface area contributed by atoms with Crippen molar-refractivity contribution in [1.29, 1.82) is 0 Å². The lowest BCUT2D eigenvalue weighted by molar-refractivity contribution is -0.0538. The van der Waals surface area contributed by atoms with Gasteiger partial charge in [0, 0.05) is 18.5 Å². The lowest BCUT2D eigenvalue weighted by Crippen LogP contribution is -2.53. The molecule has 2 fully saturated rings. The minimum atomic E-state index is 0.0228. The molecule has 0 bridgehead atoms. The van der Waals surface area contributed by atoms with Crippen LogP contribution in [0.4, 0.5) is 0 Å². The van der Waals surface area contributed by atoms with E-state index in [0.29, 0.717) is 17.8 Å². The van der Waals surface area contributed by atoms with Gasteiger partial charge >= 0.3 is 0 Å². The molecule has 2 aromatic heterocycles. The fraction of sp³-hybridized carbons (Fsp3) is 0.615. The van der Waals surface area contributed by atoms with Crippen molar-refractivity contribution in [3.05, 3.63) is 54.0 Å². The second-order valence-electron chi connectivity index (χ2n) is 10.7. The molecule has 31 heavy (non-hydrogen) atoms. The fourth-order valence-electron chi connectivity index (χ4n) is 7.52. The molecule has 2 heterocycles. The van der Waals surface area contributed by atoms with Gasteiger partial charge in [-0.1, -0.05) is 32.1 Å². The molecule has 0 spiro atoms. The Morgan fingerprint density at radius 2 is 2.10 bits per heavy atom. The number of hydrogen-bond donors (Lipinski definition) is 2. The molecule has 2 saturated carbocycles. The molecule has 3 aliphatic carbocycles. The zero-order chi connectivity index (χ0) is 21.8. The normalized spacial score (nSPS) is 37.5. The third-order valence-corrected chi connectivity index (χ3v) is 9.50. The average Bonchev–Trinajstić information content (AvgIpc) is 3.32. The predicted molar refractivity (Wildman–Crippen MR) is 123 cm³/mol. The van der Waals surface area contributed by atoms with Crippen LogP contribution < -0.4 is 5.73 Å². The van der Waals surface area contributed by atoms with Crippen LogP contribution in [0.25, 0.3) is 5.82 Å². The first kappa shape index (κ1) is 20.9. The molecule has 3 N–H and O–H groups in total. The average molecular weight is 421 g/mol. The molecule has 5 heteroatoms. The summed E-state index contributed by atoms with van der Waals surface area (Å²) >= 11 is 0. The van der Waals surface area contributed by atoms with Gasteiger partial charge in [0.25, 0.3) is 0 Å². The maximum atomic E-state index is 10.5. The highest BCUT2D eigenvalue weighted by atomic mass is 16.3. The monoisotopic (exact) mass is 420 g/mol. The maximum Gasteiger partial charge on any atom is 0.153 e. The molecule has 3 aliphatic rings. The van der Waals surface area contributed by atoms with Gasteiger partial charge in [-0.25, -0.2) is 9.67 Å². The van der Waals surface area contributed by atoms with Crippen molar-refractivity contribution in [2.24, 2.45) is 40.2 Å². The van der Waals surface area contributed by atoms with E-state index in [2.05, 4.69) is 25.4 Å². The number of allylic oxidation sites excluding steroid dienone is 1. The van der Waals surface area contributed by atoms with Crippen LogP contribution >= 0.6 is 0 Å². The second kappa shape index (κ2) is 7.56. The Kier molecular flexibility index (Phi) is 5.10. The van der Waals surface area contributed by atoms with Crippen LogP contribution in [0.3, 0.4) is 0 Å². The molecule has 5 rings (SSSR count). The highest BCUT2D eigenvalue weighted by Gasteiger charge is 2.56. The zero-order valence-corrected chi connectivity index (χ0v) is 18.9. The first-order valence-electron chi connectivity index (χ1n) is 11.9. The molecule has 6 atom stereocenters. The highest BCUT2D eigenvalue weighted by molar-refractivity contribution is 5.33. The Bertz CT molecular complexity index is 969. The Labute approximate surface area is 185 Å². The number of nitrogens with two attached hydrogens (primary N) is 1. The molecular formula is C26H36N4O. The molecule has 0 radical (unpaired) electrons. The molecule has 0 aliphatic heterocycles. The summed E-state index contributed by atoms with van der Waals surface area (Å²) < 4.78 is 1.97. The molecule has 166 valence electrons. The lowest BCUT2D eigenvalue weighted by atomic mass is 9.49. The van der Waals surface area contributed by atoms with Gasteiger partial charge in [0.1, 0.15) is 0 Å². The third-order valence-electron chi connectivity index (χ3n) is 9.50. The van der Waals surface area contributed by atoms with E-state index in [4.69, 9.17) is 10.8 Å². The summed E-state index contributed by atoms with van der Waals surface area (Å²) in [6.45, 7) is 10.2. The Morgan fingerprint density at radius 3 is 2.81 bits per heavy atom. The van der Waals surface area contributed by atoms with Gasteiger partial charge < -0.3 is 10.8 Å². The molecule has 2 aromatic rings.